The highest BCUT2D eigenvalue weighted by Gasteiger charge is 2.26. The van der Waals surface area contributed by atoms with Crippen LogP contribution >= 0.6 is 11.3 Å². The van der Waals surface area contributed by atoms with Crippen LogP contribution in [0.15, 0.2) is 29.6 Å². The molecule has 160 valence electrons. The molecule has 8 heteroatoms. The Hall–Kier alpha value is -2.45. The number of para-hydroxylation sites is 2. The largest absolute Gasteiger partial charge is 0.482 e. The number of likely N-dealkylation sites (tertiary alicyclic amines) is 1. The molecule has 1 saturated heterocycles. The smallest absolute Gasteiger partial charge is 0.270 e. The van der Waals surface area contributed by atoms with E-state index in [-0.39, 0.29) is 18.4 Å². The fraction of sp³-hybridized carbons (Fsp3) is 0.500. The summed E-state index contributed by atoms with van der Waals surface area (Å²) in [6, 6.07) is 8.10. The first kappa shape index (κ1) is 20.8. The molecule has 0 saturated carbocycles. The lowest BCUT2D eigenvalue weighted by atomic mass is 10.0. The molecule has 1 N–H and O–H groups in total. The summed E-state index contributed by atoms with van der Waals surface area (Å²) in [4.78, 5) is 33.4. The molecular weight excluding hydrogens is 400 g/mol. The summed E-state index contributed by atoms with van der Waals surface area (Å²) >= 11 is 1.40. The second-order valence-electron chi connectivity index (χ2n) is 7.85. The van der Waals surface area contributed by atoms with Crippen LogP contribution in [0, 0.1) is 0 Å². The van der Waals surface area contributed by atoms with Crippen LogP contribution in [0.5, 0.6) is 5.75 Å². The number of anilines is 1. The minimum Gasteiger partial charge on any atom is -0.482 e. The maximum Gasteiger partial charge on any atom is 0.270 e. The molecule has 1 unspecified atom stereocenters. The fourth-order valence-corrected chi connectivity index (χ4v) is 4.78. The third kappa shape index (κ3) is 4.82. The quantitative estimate of drug-likeness (QED) is 0.686. The van der Waals surface area contributed by atoms with Crippen molar-refractivity contribution in [3.63, 3.8) is 0 Å². The van der Waals surface area contributed by atoms with Gasteiger partial charge in [-0.05, 0) is 44.9 Å². The van der Waals surface area contributed by atoms with E-state index in [4.69, 9.17) is 4.74 Å². The van der Waals surface area contributed by atoms with Crippen LogP contribution in [0.25, 0.3) is 0 Å². The number of benzene rings is 1. The summed E-state index contributed by atoms with van der Waals surface area (Å²) in [5.41, 5.74) is 1.15. The zero-order chi connectivity index (χ0) is 20.9. The zero-order valence-corrected chi connectivity index (χ0v) is 18.1. The highest BCUT2D eigenvalue weighted by atomic mass is 32.1. The van der Waals surface area contributed by atoms with Gasteiger partial charge in [0.05, 0.1) is 12.2 Å². The second-order valence-corrected chi connectivity index (χ2v) is 8.80. The van der Waals surface area contributed by atoms with Crippen LogP contribution in [-0.2, 0) is 11.3 Å². The van der Waals surface area contributed by atoms with Crippen LogP contribution < -0.4 is 15.0 Å². The molecule has 4 rings (SSSR count). The first-order valence-corrected chi connectivity index (χ1v) is 11.5. The lowest BCUT2D eigenvalue weighted by Gasteiger charge is -2.33. The first-order valence-electron chi connectivity index (χ1n) is 10.6. The number of nitrogens with zero attached hydrogens (tertiary/aromatic N) is 3. The number of thiazole rings is 1. The van der Waals surface area contributed by atoms with Crippen molar-refractivity contribution in [1.82, 2.24) is 15.2 Å². The SMILES string of the molecule is CC1CCCCN1CCCNC(=O)c1csc(CN2C(=O)COc3ccccc32)n1. The number of hydrogen-bond acceptors (Lipinski definition) is 6. The summed E-state index contributed by atoms with van der Waals surface area (Å²) in [7, 11) is 0. The number of carbonyl (C=O) groups is 2. The van der Waals surface area contributed by atoms with E-state index in [1.54, 1.807) is 10.3 Å². The molecule has 7 nitrogen and oxygen atoms in total. The molecule has 3 heterocycles. The Balaban J connectivity index is 1.28. The second kappa shape index (κ2) is 9.57. The lowest BCUT2D eigenvalue weighted by molar-refractivity contribution is -0.121. The summed E-state index contributed by atoms with van der Waals surface area (Å²) in [5.74, 6) is 0.425. The Kier molecular flexibility index (Phi) is 6.64. The van der Waals surface area contributed by atoms with Crippen LogP contribution in [0.1, 0.15) is 48.1 Å². The van der Waals surface area contributed by atoms with Crippen LogP contribution in [0.4, 0.5) is 5.69 Å². The first-order chi connectivity index (χ1) is 14.6. The van der Waals surface area contributed by atoms with Gasteiger partial charge in [-0.3, -0.25) is 14.5 Å². The number of piperidine rings is 1. The maximum absolute atomic E-state index is 12.4. The van der Waals surface area contributed by atoms with Gasteiger partial charge in [-0.25, -0.2) is 4.98 Å². The summed E-state index contributed by atoms with van der Waals surface area (Å²) in [6.07, 6.45) is 4.80. The minimum absolute atomic E-state index is 0.0192. The van der Waals surface area contributed by atoms with Gasteiger partial charge in [0.15, 0.2) is 6.61 Å². The molecule has 1 fully saturated rings. The molecule has 1 aromatic carbocycles. The zero-order valence-electron chi connectivity index (χ0n) is 17.3. The van der Waals surface area contributed by atoms with E-state index in [2.05, 4.69) is 22.1 Å². The van der Waals surface area contributed by atoms with E-state index < -0.39 is 0 Å². The Bertz CT molecular complexity index is 900. The number of nitrogens with one attached hydrogen (secondary N) is 1. The van der Waals surface area contributed by atoms with Crippen molar-refractivity contribution in [2.75, 3.05) is 31.1 Å². The standard InChI is InChI=1S/C22H28N4O3S/c1-16-7-4-5-11-25(16)12-6-10-23-22(28)17-15-30-20(24-17)13-26-18-8-2-3-9-19(18)29-14-21(26)27/h2-3,8-9,15-16H,4-7,10-14H2,1H3,(H,23,28). The van der Waals surface area contributed by atoms with E-state index in [9.17, 15) is 9.59 Å². The molecule has 0 aliphatic carbocycles. The highest BCUT2D eigenvalue weighted by molar-refractivity contribution is 7.09. The van der Waals surface area contributed by atoms with E-state index in [0.717, 1.165) is 30.2 Å². The van der Waals surface area contributed by atoms with Gasteiger partial charge < -0.3 is 15.0 Å². The van der Waals surface area contributed by atoms with Gasteiger partial charge in [-0.15, -0.1) is 11.3 Å². The molecule has 30 heavy (non-hydrogen) atoms. The summed E-state index contributed by atoms with van der Waals surface area (Å²) in [5, 5.41) is 5.46. The predicted octanol–water partition coefficient (Wildman–Crippen LogP) is 3.06. The molecule has 0 bridgehead atoms. The number of hydrogen-bond donors (Lipinski definition) is 1. The van der Waals surface area contributed by atoms with Crippen LogP contribution in [-0.4, -0.2) is 54.0 Å². The van der Waals surface area contributed by atoms with Gasteiger partial charge in [-0.1, -0.05) is 18.6 Å². The predicted molar refractivity (Wildman–Crippen MR) is 117 cm³/mol. The van der Waals surface area contributed by atoms with Crippen molar-refractivity contribution in [2.24, 2.45) is 0 Å². The molecule has 0 spiro atoms. The van der Waals surface area contributed by atoms with Crippen molar-refractivity contribution in [3.8, 4) is 5.75 Å². The average Bonchev–Trinajstić information content (AvgIpc) is 3.23. The Morgan fingerprint density at radius 1 is 1.33 bits per heavy atom. The van der Waals surface area contributed by atoms with Crippen LogP contribution in [0.3, 0.4) is 0 Å². The third-order valence-electron chi connectivity index (χ3n) is 5.73. The minimum atomic E-state index is -0.155. The van der Waals surface area contributed by atoms with Gasteiger partial charge in [0.1, 0.15) is 16.5 Å². The number of rotatable bonds is 7. The molecule has 1 atom stereocenters. The van der Waals surface area contributed by atoms with Gasteiger partial charge in [0, 0.05) is 24.5 Å². The van der Waals surface area contributed by atoms with Crippen molar-refractivity contribution in [2.45, 2.75) is 45.2 Å². The number of ether oxygens (including phenoxy) is 1. The third-order valence-corrected chi connectivity index (χ3v) is 6.57. The number of carbonyl (C=O) groups excluding carboxylic acids is 2. The molecule has 2 aliphatic heterocycles. The Morgan fingerprint density at radius 3 is 3.07 bits per heavy atom. The monoisotopic (exact) mass is 428 g/mol. The summed E-state index contributed by atoms with van der Waals surface area (Å²) in [6.45, 7) is 5.46. The van der Waals surface area contributed by atoms with E-state index >= 15 is 0 Å². The van der Waals surface area contributed by atoms with E-state index in [1.165, 1.54) is 30.6 Å². The van der Waals surface area contributed by atoms with E-state index in [1.807, 2.05) is 24.3 Å². The van der Waals surface area contributed by atoms with Crippen molar-refractivity contribution in [1.29, 1.82) is 0 Å². The molecule has 0 radical (unpaired) electrons. The molecular formula is C22H28N4O3S. The van der Waals surface area contributed by atoms with Crippen molar-refractivity contribution >= 4 is 28.8 Å². The Morgan fingerprint density at radius 2 is 2.20 bits per heavy atom. The normalized spacial score (nSPS) is 19.3. The Labute approximate surface area is 181 Å². The number of fused-ring (bicyclic) bond motifs is 1. The van der Waals surface area contributed by atoms with Gasteiger partial charge in [0.2, 0.25) is 0 Å². The fourth-order valence-electron chi connectivity index (χ4n) is 4.01. The number of aromatic nitrogens is 1. The van der Waals surface area contributed by atoms with Gasteiger partial charge in [-0.2, -0.15) is 0 Å². The highest BCUT2D eigenvalue weighted by Crippen LogP contribution is 2.32. The lowest BCUT2D eigenvalue weighted by Crippen LogP contribution is -2.39. The van der Waals surface area contributed by atoms with Crippen molar-refractivity contribution < 1.29 is 14.3 Å². The van der Waals surface area contributed by atoms with Crippen molar-refractivity contribution in [3.05, 3.63) is 40.3 Å². The van der Waals surface area contributed by atoms with Gasteiger partial charge >= 0.3 is 0 Å². The topological polar surface area (TPSA) is 74.8 Å². The summed E-state index contributed by atoms with van der Waals surface area (Å²) < 4.78 is 5.48. The maximum atomic E-state index is 12.4. The molecule has 2 aliphatic rings. The average molecular weight is 429 g/mol. The van der Waals surface area contributed by atoms with E-state index in [0.29, 0.717) is 30.6 Å². The molecule has 2 aromatic rings. The number of amides is 2. The molecule has 2 amide bonds. The molecule has 1 aromatic heterocycles. The van der Waals surface area contributed by atoms with Gasteiger partial charge in [0.25, 0.3) is 11.8 Å². The van der Waals surface area contributed by atoms with Crippen LogP contribution in [0.2, 0.25) is 0 Å².